The number of rotatable bonds is 4. The van der Waals surface area contributed by atoms with Crippen LogP contribution in [0.1, 0.15) is 19.8 Å². The zero-order chi connectivity index (χ0) is 20.9. The number of amides is 1. The lowest BCUT2D eigenvalue weighted by Crippen LogP contribution is -2.60. The van der Waals surface area contributed by atoms with Crippen LogP contribution in [-0.2, 0) is 0 Å². The molecule has 0 unspecified atom stereocenters. The monoisotopic (exact) mass is 501 g/mol. The molecule has 1 amide bonds. The second-order valence-electron chi connectivity index (χ2n) is 6.86. The van der Waals surface area contributed by atoms with Crippen molar-refractivity contribution < 1.29 is 14.3 Å². The molecule has 0 saturated carbocycles. The number of carboxylic acid groups (broad SMARTS) is 1. The summed E-state index contributed by atoms with van der Waals surface area (Å²) in [6, 6.07) is -0.696. The quantitative estimate of drug-likeness (QED) is 0.284. The summed E-state index contributed by atoms with van der Waals surface area (Å²) in [6.45, 7) is 6.32. The molecular formula is C18H18BrClFN5O2S. The first kappa shape index (κ1) is 20.6. The van der Waals surface area contributed by atoms with Crippen molar-refractivity contribution >= 4 is 62.1 Å². The molecule has 0 radical (unpaired) electrons. The highest BCUT2D eigenvalue weighted by Crippen LogP contribution is 2.41. The average molecular weight is 503 g/mol. The number of thioether (sulfide) groups is 1. The van der Waals surface area contributed by atoms with E-state index >= 15 is 0 Å². The van der Waals surface area contributed by atoms with Crippen LogP contribution in [0.5, 0.6) is 0 Å². The summed E-state index contributed by atoms with van der Waals surface area (Å²) in [7, 11) is 0. The first-order chi connectivity index (χ1) is 13.9. The van der Waals surface area contributed by atoms with E-state index in [-0.39, 0.29) is 28.8 Å². The van der Waals surface area contributed by atoms with Crippen molar-refractivity contribution in [3.05, 3.63) is 28.2 Å². The third kappa shape index (κ3) is 3.34. The molecule has 2 aliphatic rings. The van der Waals surface area contributed by atoms with Gasteiger partial charge in [0.05, 0.1) is 23.5 Å². The maximum atomic E-state index is 14.8. The molecule has 2 fully saturated rings. The fourth-order valence-corrected chi connectivity index (χ4v) is 5.64. The zero-order valence-electron chi connectivity index (χ0n) is 15.5. The first-order valence-corrected chi connectivity index (χ1v) is 11.3. The number of fused-ring (bicyclic) bond motifs is 3. The minimum atomic E-state index is -0.931. The summed E-state index contributed by atoms with van der Waals surface area (Å²) in [5.74, 6) is 0.525. The molecule has 0 aromatic carbocycles. The van der Waals surface area contributed by atoms with Crippen molar-refractivity contribution in [3.63, 3.8) is 0 Å². The largest absolute Gasteiger partial charge is 0.465 e. The fourth-order valence-electron chi connectivity index (χ4n) is 4.26. The molecule has 2 aromatic heterocycles. The summed E-state index contributed by atoms with van der Waals surface area (Å²) >= 11 is 10.7. The van der Waals surface area contributed by atoms with Gasteiger partial charge in [-0.15, -0.1) is 6.58 Å². The highest BCUT2D eigenvalue weighted by molar-refractivity contribution is 9.10. The molecule has 3 atom stereocenters. The van der Waals surface area contributed by atoms with Crippen LogP contribution < -0.4 is 4.90 Å². The zero-order valence-corrected chi connectivity index (χ0v) is 18.6. The van der Waals surface area contributed by atoms with Crippen LogP contribution in [0.2, 0.25) is 5.15 Å². The number of anilines is 1. The van der Waals surface area contributed by atoms with Crippen LogP contribution in [0.25, 0.3) is 10.9 Å². The van der Waals surface area contributed by atoms with Crippen molar-refractivity contribution in [2.24, 2.45) is 0 Å². The van der Waals surface area contributed by atoms with E-state index in [1.54, 1.807) is 6.08 Å². The molecule has 2 aromatic rings. The lowest BCUT2D eigenvalue weighted by Gasteiger charge is -2.45. The van der Waals surface area contributed by atoms with E-state index in [2.05, 4.69) is 32.5 Å². The number of carbonyl (C=O) groups is 1. The van der Waals surface area contributed by atoms with E-state index in [1.807, 2.05) is 11.8 Å². The Morgan fingerprint density at radius 3 is 2.86 bits per heavy atom. The van der Waals surface area contributed by atoms with E-state index in [4.69, 9.17) is 16.6 Å². The van der Waals surface area contributed by atoms with Crippen molar-refractivity contribution in [1.29, 1.82) is 0 Å². The molecule has 0 spiro atoms. The third-order valence-corrected chi connectivity index (χ3v) is 6.93. The molecule has 2 aliphatic heterocycles. The number of pyridine rings is 1. The standard InChI is InChI=1S/C18H18BrClFN5O2S/c1-3-9-10-6-5-8(26(10)18(27)28)7-25(9)16-11-13(22-17(24-16)29-4-2)12(21)15(20)23-14(11)19/h3,8-10H,1,4-7H2,2H3,(H,27,28)/t8-,9-,10+/m1/s1. The van der Waals surface area contributed by atoms with Crippen LogP contribution in [0.15, 0.2) is 22.4 Å². The number of aromatic nitrogens is 3. The molecule has 2 saturated heterocycles. The van der Waals surface area contributed by atoms with Gasteiger partial charge in [0.1, 0.15) is 15.9 Å². The fraction of sp³-hybridized carbons (Fsp3) is 0.444. The normalized spacial score (nSPS) is 23.7. The number of nitrogens with zero attached hydrogens (tertiary/aromatic N) is 5. The Morgan fingerprint density at radius 2 is 2.21 bits per heavy atom. The topological polar surface area (TPSA) is 82.5 Å². The molecule has 1 N–H and O–H groups in total. The summed E-state index contributed by atoms with van der Waals surface area (Å²) < 4.78 is 15.2. The lowest BCUT2D eigenvalue weighted by molar-refractivity contribution is 0.107. The summed E-state index contributed by atoms with van der Waals surface area (Å²) in [4.78, 5) is 28.4. The number of halogens is 3. The Hall–Kier alpha value is -1.65. The van der Waals surface area contributed by atoms with Crippen molar-refractivity contribution in [2.75, 3.05) is 17.2 Å². The van der Waals surface area contributed by atoms with Gasteiger partial charge >= 0.3 is 6.09 Å². The summed E-state index contributed by atoms with van der Waals surface area (Å²) in [5, 5.41) is 10.2. The van der Waals surface area contributed by atoms with Gasteiger partial charge < -0.3 is 10.0 Å². The number of piperazine rings is 1. The maximum Gasteiger partial charge on any atom is 0.407 e. The molecule has 4 heterocycles. The van der Waals surface area contributed by atoms with Gasteiger partial charge in [-0.3, -0.25) is 4.90 Å². The third-order valence-electron chi connectivity index (χ3n) is 5.38. The number of hydrogen-bond donors (Lipinski definition) is 1. The Kier molecular flexibility index (Phi) is 5.60. The van der Waals surface area contributed by atoms with Gasteiger partial charge in [0.25, 0.3) is 0 Å². The summed E-state index contributed by atoms with van der Waals surface area (Å²) in [5.41, 5.74) is 0.0913. The highest BCUT2D eigenvalue weighted by Gasteiger charge is 2.48. The Balaban J connectivity index is 1.92. The van der Waals surface area contributed by atoms with Gasteiger partial charge in [0.15, 0.2) is 16.1 Å². The van der Waals surface area contributed by atoms with Gasteiger partial charge in [0, 0.05) is 6.54 Å². The average Bonchev–Trinajstić information content (AvgIpc) is 3.00. The van der Waals surface area contributed by atoms with Crippen LogP contribution >= 0.6 is 39.3 Å². The van der Waals surface area contributed by atoms with Gasteiger partial charge in [-0.1, -0.05) is 36.4 Å². The van der Waals surface area contributed by atoms with Crippen molar-refractivity contribution in [2.45, 2.75) is 43.0 Å². The molecule has 2 bridgehead atoms. The number of hydrogen-bond acceptors (Lipinski definition) is 6. The molecule has 29 heavy (non-hydrogen) atoms. The van der Waals surface area contributed by atoms with Crippen LogP contribution in [0, 0.1) is 5.82 Å². The minimum absolute atomic E-state index is 0.0913. The molecule has 0 aliphatic carbocycles. The Labute approximate surface area is 184 Å². The van der Waals surface area contributed by atoms with Gasteiger partial charge in [-0.05, 0) is 34.5 Å². The summed E-state index contributed by atoms with van der Waals surface area (Å²) in [6.07, 6.45) is 2.30. The molecule has 4 rings (SSSR count). The molecule has 154 valence electrons. The Bertz CT molecular complexity index is 1010. The van der Waals surface area contributed by atoms with Gasteiger partial charge in [0.2, 0.25) is 0 Å². The predicted octanol–water partition coefficient (Wildman–Crippen LogP) is 4.58. The van der Waals surface area contributed by atoms with Gasteiger partial charge in [-0.2, -0.15) is 0 Å². The van der Waals surface area contributed by atoms with Crippen LogP contribution in [0.3, 0.4) is 0 Å². The molecular weight excluding hydrogens is 485 g/mol. The molecule has 11 heteroatoms. The minimum Gasteiger partial charge on any atom is -0.465 e. The van der Waals surface area contributed by atoms with E-state index in [0.717, 1.165) is 18.6 Å². The van der Waals surface area contributed by atoms with Crippen LogP contribution in [-0.4, -0.2) is 61.5 Å². The van der Waals surface area contributed by atoms with Gasteiger partial charge in [-0.25, -0.2) is 24.1 Å². The van der Waals surface area contributed by atoms with E-state index in [1.165, 1.54) is 16.7 Å². The van der Waals surface area contributed by atoms with Crippen molar-refractivity contribution in [1.82, 2.24) is 19.9 Å². The van der Waals surface area contributed by atoms with E-state index in [0.29, 0.717) is 27.5 Å². The second-order valence-corrected chi connectivity index (χ2v) is 9.20. The maximum absolute atomic E-state index is 14.8. The SMILES string of the molecule is C=C[C@@H]1[C@@H]2CC[C@H](CN1c1nc(SCC)nc3c(F)c(Cl)nc(Br)c13)N2C(=O)O. The smallest absolute Gasteiger partial charge is 0.407 e. The predicted molar refractivity (Wildman–Crippen MR) is 114 cm³/mol. The highest BCUT2D eigenvalue weighted by atomic mass is 79.9. The second kappa shape index (κ2) is 7.88. The van der Waals surface area contributed by atoms with E-state index < -0.39 is 11.9 Å². The Morgan fingerprint density at radius 1 is 1.45 bits per heavy atom. The van der Waals surface area contributed by atoms with E-state index in [9.17, 15) is 14.3 Å². The molecule has 7 nitrogen and oxygen atoms in total. The lowest BCUT2D eigenvalue weighted by atomic mass is 10.0. The van der Waals surface area contributed by atoms with Crippen LogP contribution in [0.4, 0.5) is 15.0 Å². The van der Waals surface area contributed by atoms with Crippen molar-refractivity contribution in [3.8, 4) is 0 Å². The first-order valence-electron chi connectivity index (χ1n) is 9.12.